The van der Waals surface area contributed by atoms with E-state index in [1.807, 2.05) is 0 Å². The fraction of sp³-hybridized carbons (Fsp3) is 0.235. The lowest BCUT2D eigenvalue weighted by Gasteiger charge is -2.09. The number of hydrogen-bond acceptors (Lipinski definition) is 6. The summed E-state index contributed by atoms with van der Waals surface area (Å²) in [5.41, 5.74) is -1.17. The second-order valence-corrected chi connectivity index (χ2v) is 7.63. The van der Waals surface area contributed by atoms with Crippen molar-refractivity contribution < 1.29 is 26.7 Å². The molecule has 0 aliphatic heterocycles. The number of rotatable bonds is 6. The van der Waals surface area contributed by atoms with Crippen molar-refractivity contribution in [2.24, 2.45) is 0 Å². The molecule has 0 fully saturated rings. The largest absolute Gasteiger partial charge is 0.445 e. The SMILES string of the molecule is CCn1cc(S(=O)(=O)n2cc(COC(=O)NC)c(F)c2-c2cccnc2F)cn1. The second kappa shape index (κ2) is 7.99. The van der Waals surface area contributed by atoms with Gasteiger partial charge in [0, 0.05) is 37.7 Å². The molecule has 1 N–H and O–H groups in total. The lowest BCUT2D eigenvalue weighted by atomic mass is 10.2. The first-order valence-electron chi connectivity index (χ1n) is 8.42. The van der Waals surface area contributed by atoms with Gasteiger partial charge in [0.05, 0.1) is 11.8 Å². The normalized spacial score (nSPS) is 11.4. The molecule has 0 unspecified atom stereocenters. The van der Waals surface area contributed by atoms with E-state index in [1.54, 1.807) is 6.92 Å². The zero-order chi connectivity index (χ0) is 21.2. The maximum atomic E-state index is 15.1. The Morgan fingerprint density at radius 3 is 2.69 bits per heavy atom. The Labute approximate surface area is 165 Å². The quantitative estimate of drug-likeness (QED) is 0.606. The Morgan fingerprint density at radius 2 is 2.07 bits per heavy atom. The summed E-state index contributed by atoms with van der Waals surface area (Å²) in [4.78, 5) is 14.5. The van der Waals surface area contributed by atoms with Crippen molar-refractivity contribution in [3.63, 3.8) is 0 Å². The molecular formula is C17H17F2N5O4S. The topological polar surface area (TPSA) is 108 Å². The zero-order valence-electron chi connectivity index (χ0n) is 15.5. The molecule has 0 aliphatic carbocycles. The van der Waals surface area contributed by atoms with Crippen LogP contribution < -0.4 is 5.32 Å². The van der Waals surface area contributed by atoms with Crippen molar-refractivity contribution in [3.8, 4) is 11.3 Å². The molecule has 29 heavy (non-hydrogen) atoms. The monoisotopic (exact) mass is 425 g/mol. The Bertz CT molecular complexity index is 1160. The van der Waals surface area contributed by atoms with E-state index in [4.69, 9.17) is 4.74 Å². The van der Waals surface area contributed by atoms with Gasteiger partial charge in [0.2, 0.25) is 5.95 Å². The first kappa shape index (κ1) is 20.5. The van der Waals surface area contributed by atoms with E-state index in [9.17, 15) is 17.6 Å². The summed E-state index contributed by atoms with van der Waals surface area (Å²) in [6, 6.07) is 2.54. The van der Waals surface area contributed by atoms with Gasteiger partial charge in [-0.05, 0) is 19.1 Å². The van der Waals surface area contributed by atoms with Gasteiger partial charge in [0.1, 0.15) is 17.2 Å². The Balaban J connectivity index is 2.19. The van der Waals surface area contributed by atoms with E-state index < -0.39 is 40.2 Å². The highest BCUT2D eigenvalue weighted by atomic mass is 32.2. The molecule has 0 aromatic carbocycles. The van der Waals surface area contributed by atoms with Crippen LogP contribution in [0.1, 0.15) is 12.5 Å². The van der Waals surface area contributed by atoms with Crippen molar-refractivity contribution in [3.05, 3.63) is 54.2 Å². The molecule has 0 spiro atoms. The molecule has 9 nitrogen and oxygen atoms in total. The molecule has 0 atom stereocenters. The molecule has 0 aliphatic rings. The number of ether oxygens (including phenoxy) is 1. The fourth-order valence-electron chi connectivity index (χ4n) is 2.58. The van der Waals surface area contributed by atoms with Gasteiger partial charge in [-0.15, -0.1) is 0 Å². The van der Waals surface area contributed by atoms with Crippen LogP contribution in [0.2, 0.25) is 0 Å². The van der Waals surface area contributed by atoms with Crippen LogP contribution >= 0.6 is 0 Å². The lowest BCUT2D eigenvalue weighted by Crippen LogP contribution is -2.19. The van der Waals surface area contributed by atoms with Gasteiger partial charge in [0.25, 0.3) is 10.0 Å². The number of nitrogens with one attached hydrogen (secondary N) is 1. The molecular weight excluding hydrogens is 408 g/mol. The van der Waals surface area contributed by atoms with Crippen LogP contribution in [0.4, 0.5) is 13.6 Å². The minimum absolute atomic E-state index is 0.210. The number of pyridine rings is 1. The third-order valence-electron chi connectivity index (χ3n) is 4.05. The molecule has 3 aromatic rings. The van der Waals surface area contributed by atoms with Gasteiger partial charge in [-0.3, -0.25) is 4.68 Å². The predicted octanol–water partition coefficient (Wildman–Crippen LogP) is 2.14. The molecule has 0 saturated heterocycles. The lowest BCUT2D eigenvalue weighted by molar-refractivity contribution is 0.141. The van der Waals surface area contributed by atoms with Gasteiger partial charge < -0.3 is 10.1 Å². The third kappa shape index (κ3) is 3.83. The summed E-state index contributed by atoms with van der Waals surface area (Å²) in [6.07, 6.45) is 3.65. The van der Waals surface area contributed by atoms with Crippen LogP contribution in [0.25, 0.3) is 11.3 Å². The highest BCUT2D eigenvalue weighted by Crippen LogP contribution is 2.32. The van der Waals surface area contributed by atoms with Crippen molar-refractivity contribution in [1.29, 1.82) is 0 Å². The maximum absolute atomic E-state index is 15.1. The maximum Gasteiger partial charge on any atom is 0.407 e. The number of carbonyl (C=O) groups is 1. The summed E-state index contributed by atoms with van der Waals surface area (Å²) in [5.74, 6) is -2.10. The van der Waals surface area contributed by atoms with Crippen molar-refractivity contribution >= 4 is 16.1 Å². The highest BCUT2D eigenvalue weighted by Gasteiger charge is 2.29. The van der Waals surface area contributed by atoms with Crippen LogP contribution in [-0.4, -0.2) is 40.3 Å². The number of alkyl carbamates (subject to hydrolysis) is 1. The molecule has 154 valence electrons. The summed E-state index contributed by atoms with van der Waals surface area (Å²) < 4.78 is 62.4. The standard InChI is InChI=1S/C17H17F2N5O4S/c1-3-23-9-12(7-22-23)29(26,27)24-8-11(10-28-17(25)20-2)14(18)15(24)13-5-4-6-21-16(13)19/h4-9H,3,10H2,1-2H3,(H,20,25). The molecule has 3 heterocycles. The number of aryl methyl sites for hydroxylation is 1. The molecule has 0 saturated carbocycles. The summed E-state index contributed by atoms with van der Waals surface area (Å²) in [7, 11) is -3.01. The van der Waals surface area contributed by atoms with Gasteiger partial charge in [-0.25, -0.2) is 26.6 Å². The second-order valence-electron chi connectivity index (χ2n) is 5.82. The van der Waals surface area contributed by atoms with Crippen LogP contribution in [0.5, 0.6) is 0 Å². The zero-order valence-corrected chi connectivity index (χ0v) is 16.3. The van der Waals surface area contributed by atoms with Gasteiger partial charge >= 0.3 is 6.09 Å². The number of halogens is 2. The molecule has 3 rings (SSSR count). The van der Waals surface area contributed by atoms with Gasteiger partial charge in [-0.2, -0.15) is 9.49 Å². The van der Waals surface area contributed by atoms with Crippen LogP contribution in [0.3, 0.4) is 0 Å². The number of aromatic nitrogens is 4. The van der Waals surface area contributed by atoms with Crippen LogP contribution in [-0.2, 0) is 27.9 Å². The fourth-order valence-corrected chi connectivity index (χ4v) is 3.93. The third-order valence-corrected chi connectivity index (χ3v) is 5.66. The van der Waals surface area contributed by atoms with E-state index in [2.05, 4.69) is 15.4 Å². The number of hydrogen-bond donors (Lipinski definition) is 1. The van der Waals surface area contributed by atoms with E-state index in [0.717, 1.165) is 18.6 Å². The smallest absolute Gasteiger partial charge is 0.407 e. The highest BCUT2D eigenvalue weighted by molar-refractivity contribution is 7.90. The molecule has 0 bridgehead atoms. The average Bonchev–Trinajstić information content (AvgIpc) is 3.32. The number of nitrogens with zero attached hydrogens (tertiary/aromatic N) is 4. The Kier molecular flexibility index (Phi) is 5.64. The molecule has 12 heteroatoms. The van der Waals surface area contributed by atoms with Gasteiger partial charge in [-0.1, -0.05) is 0 Å². The van der Waals surface area contributed by atoms with E-state index in [0.29, 0.717) is 10.5 Å². The summed E-state index contributed by atoms with van der Waals surface area (Å²) in [6.45, 7) is 1.63. The molecule has 3 aromatic heterocycles. The summed E-state index contributed by atoms with van der Waals surface area (Å²) in [5, 5.41) is 6.11. The minimum atomic E-state index is -4.33. The molecule has 1 amide bonds. The number of amides is 1. The summed E-state index contributed by atoms with van der Waals surface area (Å²) >= 11 is 0. The van der Waals surface area contributed by atoms with Crippen molar-refractivity contribution in [1.82, 2.24) is 24.1 Å². The van der Waals surface area contributed by atoms with Crippen LogP contribution in [0, 0.1) is 11.8 Å². The average molecular weight is 425 g/mol. The van der Waals surface area contributed by atoms with E-state index in [1.165, 1.54) is 30.1 Å². The van der Waals surface area contributed by atoms with E-state index in [-0.39, 0.29) is 16.0 Å². The predicted molar refractivity (Wildman–Crippen MR) is 97.3 cm³/mol. The molecule has 0 radical (unpaired) electrons. The first-order chi connectivity index (χ1) is 13.8. The van der Waals surface area contributed by atoms with Gasteiger partial charge in [0.15, 0.2) is 5.82 Å². The first-order valence-corrected chi connectivity index (χ1v) is 9.86. The minimum Gasteiger partial charge on any atom is -0.445 e. The Hall–Kier alpha value is -3.28. The van der Waals surface area contributed by atoms with E-state index >= 15 is 4.39 Å². The van der Waals surface area contributed by atoms with Crippen molar-refractivity contribution in [2.45, 2.75) is 25.0 Å². The Morgan fingerprint density at radius 1 is 1.31 bits per heavy atom. The van der Waals surface area contributed by atoms with Crippen molar-refractivity contribution in [2.75, 3.05) is 7.05 Å². The number of carbonyl (C=O) groups excluding carboxylic acids is 1. The van der Waals surface area contributed by atoms with Crippen LogP contribution in [0.15, 0.2) is 41.8 Å².